The number of carbonyl (C=O) groups excluding carboxylic acids is 2. The van der Waals surface area contributed by atoms with Gasteiger partial charge in [-0.1, -0.05) is 0 Å². The molecule has 0 aliphatic carbocycles. The first-order valence-electron chi connectivity index (χ1n) is 12.8. The number of benzene rings is 2. The van der Waals surface area contributed by atoms with E-state index >= 15 is 0 Å². The molecule has 12 heteroatoms. The highest BCUT2D eigenvalue weighted by atomic mass is 16.5. The highest BCUT2D eigenvalue weighted by Gasteiger charge is 2.19. The fraction of sp³-hybridized carbons (Fsp3) is 0.310. The number of hydrogen-bond donors (Lipinski definition) is 1. The van der Waals surface area contributed by atoms with Crippen LogP contribution in [0.15, 0.2) is 60.9 Å². The van der Waals surface area contributed by atoms with Crippen LogP contribution >= 0.6 is 0 Å². The number of aliphatic hydroxyl groups excluding tert-OH is 1. The molecule has 0 spiro atoms. The Labute approximate surface area is 233 Å². The molecule has 0 aliphatic heterocycles. The van der Waals surface area contributed by atoms with Crippen molar-refractivity contribution >= 4 is 39.6 Å². The Balaban J connectivity index is 1.49. The second-order valence-electron chi connectivity index (χ2n) is 9.04. The van der Waals surface area contributed by atoms with Gasteiger partial charge in [0.2, 0.25) is 11.5 Å². The molecule has 2 heterocycles. The van der Waals surface area contributed by atoms with Crippen LogP contribution in [0.25, 0.3) is 21.9 Å². The van der Waals surface area contributed by atoms with Gasteiger partial charge in [0.15, 0.2) is 10.9 Å². The maximum Gasteiger partial charge on any atom is 0.374 e. The van der Waals surface area contributed by atoms with Crippen molar-refractivity contribution in [3.05, 3.63) is 74.4 Å². The van der Waals surface area contributed by atoms with Crippen LogP contribution in [-0.2, 0) is 9.47 Å². The fourth-order valence-electron chi connectivity index (χ4n) is 3.87. The molecule has 0 bridgehead atoms. The van der Waals surface area contributed by atoms with Crippen molar-refractivity contribution in [2.45, 2.75) is 20.0 Å². The molecular weight excluding hydrogens is 538 g/mol. The van der Waals surface area contributed by atoms with Crippen molar-refractivity contribution in [3.63, 3.8) is 0 Å². The van der Waals surface area contributed by atoms with Crippen molar-refractivity contribution in [3.8, 4) is 11.5 Å². The summed E-state index contributed by atoms with van der Waals surface area (Å²) in [5.41, 5.74) is -0.0471. The zero-order valence-electron chi connectivity index (χ0n) is 22.9. The Morgan fingerprint density at radius 3 is 2.07 bits per heavy atom. The van der Waals surface area contributed by atoms with E-state index in [1.54, 1.807) is 45.0 Å². The number of hydrogen-bond acceptors (Lipinski definition) is 12. The van der Waals surface area contributed by atoms with E-state index < -0.39 is 28.9 Å². The zero-order valence-corrected chi connectivity index (χ0v) is 22.9. The average Bonchev–Trinajstić information content (AvgIpc) is 2.94. The smallest absolute Gasteiger partial charge is 0.374 e. The van der Waals surface area contributed by atoms with Crippen molar-refractivity contribution in [1.29, 1.82) is 0 Å². The van der Waals surface area contributed by atoms with Gasteiger partial charge in [0.1, 0.15) is 47.4 Å². The molecule has 1 atom stereocenters. The van der Waals surface area contributed by atoms with Gasteiger partial charge in [-0.25, -0.2) is 9.59 Å². The van der Waals surface area contributed by atoms with Gasteiger partial charge in [0, 0.05) is 44.0 Å². The number of esters is 2. The summed E-state index contributed by atoms with van der Waals surface area (Å²) in [6.07, 6.45) is -1.13. The van der Waals surface area contributed by atoms with Gasteiger partial charge in [0.05, 0.1) is 18.6 Å². The predicted octanol–water partition coefficient (Wildman–Crippen LogP) is 3.14. The SMILES string of the molecule is CCOC(=O)c1cc(=O)c2cc(OCC(O)COc3cc(N(C)C)cc4oc(C(=O)OCC)cc(=O)c34)ccc2o1. The van der Waals surface area contributed by atoms with E-state index in [2.05, 4.69) is 0 Å². The summed E-state index contributed by atoms with van der Waals surface area (Å²) >= 11 is 0. The number of aliphatic hydroxyl groups is 1. The van der Waals surface area contributed by atoms with Crippen molar-refractivity contribution in [1.82, 2.24) is 0 Å². The average molecular weight is 568 g/mol. The minimum atomic E-state index is -1.13. The molecule has 2 aromatic heterocycles. The highest BCUT2D eigenvalue weighted by Crippen LogP contribution is 2.30. The number of fused-ring (bicyclic) bond motifs is 2. The lowest BCUT2D eigenvalue weighted by atomic mass is 10.1. The Morgan fingerprint density at radius 1 is 0.829 bits per heavy atom. The standard InChI is InChI=1S/C29H29NO11/c1-5-36-28(34)25-12-20(32)19-11-18(7-8-22(19)40-25)38-14-17(31)15-39-23-9-16(30(3)4)10-24-27(23)21(33)13-26(41-24)29(35)37-6-2/h7-13,17,31H,5-6,14-15H2,1-4H3. The van der Waals surface area contributed by atoms with Crippen LogP contribution in [0.3, 0.4) is 0 Å². The van der Waals surface area contributed by atoms with E-state index in [0.29, 0.717) is 5.69 Å². The molecule has 4 aromatic rings. The first kappa shape index (κ1) is 29.2. The predicted molar refractivity (Wildman–Crippen MR) is 148 cm³/mol. The number of nitrogens with zero attached hydrogens (tertiary/aromatic N) is 1. The van der Waals surface area contributed by atoms with Crippen LogP contribution in [0.5, 0.6) is 11.5 Å². The molecule has 216 valence electrons. The third-order valence-electron chi connectivity index (χ3n) is 5.82. The first-order valence-corrected chi connectivity index (χ1v) is 12.8. The van der Waals surface area contributed by atoms with E-state index in [-0.39, 0.29) is 71.4 Å². The molecule has 1 N–H and O–H groups in total. The number of carbonyl (C=O) groups is 2. The van der Waals surface area contributed by atoms with Crippen LogP contribution in [-0.4, -0.2) is 63.7 Å². The second-order valence-corrected chi connectivity index (χ2v) is 9.04. The number of rotatable bonds is 11. The lowest BCUT2D eigenvalue weighted by Crippen LogP contribution is -2.25. The Kier molecular flexibility index (Phi) is 8.93. The number of anilines is 1. The molecule has 41 heavy (non-hydrogen) atoms. The first-order chi connectivity index (χ1) is 19.6. The molecule has 2 aromatic carbocycles. The van der Waals surface area contributed by atoms with Crippen molar-refractivity contribution in [2.75, 3.05) is 45.4 Å². The van der Waals surface area contributed by atoms with Gasteiger partial charge in [0.25, 0.3) is 0 Å². The van der Waals surface area contributed by atoms with Gasteiger partial charge in [-0.3, -0.25) is 9.59 Å². The second kappa shape index (κ2) is 12.6. The molecule has 0 amide bonds. The molecule has 0 radical (unpaired) electrons. The van der Waals surface area contributed by atoms with Crippen molar-refractivity contribution < 1.29 is 42.5 Å². The third-order valence-corrected chi connectivity index (χ3v) is 5.82. The zero-order chi connectivity index (χ0) is 29.7. The normalized spacial score (nSPS) is 11.7. The van der Waals surface area contributed by atoms with Crippen LogP contribution in [0.1, 0.15) is 35.0 Å². The molecule has 4 rings (SSSR count). The van der Waals surface area contributed by atoms with Gasteiger partial charge >= 0.3 is 11.9 Å². The lowest BCUT2D eigenvalue weighted by molar-refractivity contribution is 0.0482. The molecule has 0 saturated heterocycles. The van der Waals surface area contributed by atoms with Crippen LogP contribution in [0, 0.1) is 0 Å². The quantitative estimate of drug-likeness (QED) is 0.265. The molecule has 12 nitrogen and oxygen atoms in total. The van der Waals surface area contributed by atoms with Crippen LogP contribution in [0.2, 0.25) is 0 Å². The summed E-state index contributed by atoms with van der Waals surface area (Å²) < 4.78 is 32.3. The summed E-state index contributed by atoms with van der Waals surface area (Å²) in [5, 5.41) is 10.8. The molecular formula is C29H29NO11. The van der Waals surface area contributed by atoms with Crippen molar-refractivity contribution in [2.24, 2.45) is 0 Å². The summed E-state index contributed by atoms with van der Waals surface area (Å²) in [6, 6.07) is 9.72. The van der Waals surface area contributed by atoms with Gasteiger partial charge in [-0.2, -0.15) is 0 Å². The van der Waals surface area contributed by atoms with E-state index in [9.17, 15) is 24.3 Å². The Bertz CT molecular complexity index is 1700. The number of ether oxygens (including phenoxy) is 4. The molecule has 0 saturated carbocycles. The summed E-state index contributed by atoms with van der Waals surface area (Å²) in [5.74, 6) is -1.52. The summed E-state index contributed by atoms with van der Waals surface area (Å²) in [7, 11) is 3.56. The van der Waals surface area contributed by atoms with Gasteiger partial charge < -0.3 is 37.8 Å². The monoisotopic (exact) mass is 567 g/mol. The summed E-state index contributed by atoms with van der Waals surface area (Å²) in [6.45, 7) is 3.09. The minimum absolute atomic E-state index is 0.0974. The molecule has 1 unspecified atom stereocenters. The molecule has 0 fully saturated rings. The maximum absolute atomic E-state index is 12.9. The van der Waals surface area contributed by atoms with Gasteiger partial charge in [-0.15, -0.1) is 0 Å². The Hall–Kier alpha value is -4.84. The molecule has 0 aliphatic rings. The third kappa shape index (κ3) is 6.67. The van der Waals surface area contributed by atoms with Crippen LogP contribution < -0.4 is 25.2 Å². The lowest BCUT2D eigenvalue weighted by Gasteiger charge is -2.18. The fourth-order valence-corrected chi connectivity index (χ4v) is 3.87. The van der Waals surface area contributed by atoms with E-state index in [0.717, 1.165) is 12.1 Å². The maximum atomic E-state index is 12.9. The Morgan fingerprint density at radius 2 is 1.44 bits per heavy atom. The minimum Gasteiger partial charge on any atom is -0.491 e. The van der Waals surface area contributed by atoms with Gasteiger partial charge in [-0.05, 0) is 32.0 Å². The van der Waals surface area contributed by atoms with E-state index in [1.165, 1.54) is 18.2 Å². The van der Waals surface area contributed by atoms with E-state index in [4.69, 9.17) is 27.8 Å². The largest absolute Gasteiger partial charge is 0.491 e. The highest BCUT2D eigenvalue weighted by molar-refractivity contribution is 5.92. The van der Waals surface area contributed by atoms with E-state index in [1.807, 2.05) is 0 Å². The topological polar surface area (TPSA) is 155 Å². The summed E-state index contributed by atoms with van der Waals surface area (Å²) in [4.78, 5) is 51.2. The van der Waals surface area contributed by atoms with Crippen LogP contribution in [0.4, 0.5) is 5.69 Å².